The van der Waals surface area contributed by atoms with Gasteiger partial charge in [0.05, 0.1) is 0 Å². The van der Waals surface area contributed by atoms with Gasteiger partial charge in [-0.3, -0.25) is 4.79 Å². The molecule has 1 atom stereocenters. The quantitative estimate of drug-likeness (QED) is 0.435. The lowest BCUT2D eigenvalue weighted by atomic mass is 10.7. The zero-order chi connectivity index (χ0) is 6.91. The van der Waals surface area contributed by atoms with Gasteiger partial charge in [0.2, 0.25) is 0 Å². The number of aliphatic imine (C=N–C) groups is 1. The SMILES string of the molecule is C[N+]1(O)[C]=NC(=O)C=N1. The Bertz CT molecular complexity index is 176. The maximum atomic E-state index is 10.3. The Balaban J connectivity index is 2.82. The molecule has 1 heterocycles. The molecule has 0 spiro atoms. The van der Waals surface area contributed by atoms with Crippen molar-refractivity contribution in [3.05, 3.63) is 0 Å². The smallest absolute Gasteiger partial charge is 0.265 e. The normalized spacial score (nSPS) is 33.3. The van der Waals surface area contributed by atoms with Gasteiger partial charge in [0, 0.05) is 0 Å². The van der Waals surface area contributed by atoms with Crippen LogP contribution in [0.4, 0.5) is 0 Å². The van der Waals surface area contributed by atoms with E-state index in [4.69, 9.17) is 5.21 Å². The maximum absolute atomic E-state index is 10.3. The zero-order valence-electron chi connectivity index (χ0n) is 4.77. The third kappa shape index (κ3) is 1.41. The molecule has 1 amide bonds. The summed E-state index contributed by atoms with van der Waals surface area (Å²) >= 11 is 0. The van der Waals surface area contributed by atoms with Crippen molar-refractivity contribution in [3.8, 4) is 0 Å². The highest BCUT2D eigenvalue weighted by Crippen LogP contribution is 1.95. The van der Waals surface area contributed by atoms with E-state index in [1.807, 2.05) is 0 Å². The number of carbonyl (C=O) groups excluding carboxylic acids is 1. The number of hydroxylamine groups is 2. The van der Waals surface area contributed by atoms with Gasteiger partial charge in [0.15, 0.2) is 6.21 Å². The van der Waals surface area contributed by atoms with Gasteiger partial charge in [-0.1, -0.05) is 0 Å². The van der Waals surface area contributed by atoms with E-state index in [0.717, 1.165) is 6.21 Å². The van der Waals surface area contributed by atoms with Gasteiger partial charge in [-0.2, -0.15) is 5.21 Å². The predicted molar refractivity (Wildman–Crippen MR) is 28.9 cm³/mol. The predicted octanol–water partition coefficient (Wildman–Crippen LogP) is -0.747. The molecule has 5 heteroatoms. The van der Waals surface area contributed by atoms with E-state index in [1.54, 1.807) is 0 Å². The van der Waals surface area contributed by atoms with Gasteiger partial charge >= 0.3 is 6.34 Å². The molecule has 9 heavy (non-hydrogen) atoms. The molecule has 0 aromatic heterocycles. The Morgan fingerprint density at radius 3 is 2.89 bits per heavy atom. The molecule has 0 aliphatic carbocycles. The van der Waals surface area contributed by atoms with E-state index in [1.165, 1.54) is 7.05 Å². The summed E-state index contributed by atoms with van der Waals surface area (Å²) in [5, 5.41) is 12.2. The highest BCUT2D eigenvalue weighted by atomic mass is 16.6. The van der Waals surface area contributed by atoms with Gasteiger partial charge in [-0.05, 0) is 9.86 Å². The summed E-state index contributed by atoms with van der Waals surface area (Å²) in [6.07, 6.45) is 3.02. The molecule has 0 aromatic rings. The van der Waals surface area contributed by atoms with Crippen LogP contribution < -0.4 is 0 Å². The van der Waals surface area contributed by atoms with Crippen molar-refractivity contribution in [1.29, 1.82) is 0 Å². The van der Waals surface area contributed by atoms with Crippen LogP contribution in [0.3, 0.4) is 0 Å². The van der Waals surface area contributed by atoms with Crippen LogP contribution in [-0.4, -0.2) is 35.5 Å². The molecule has 1 aliphatic rings. The summed E-state index contributed by atoms with van der Waals surface area (Å²) in [5.74, 6) is -0.500. The molecular weight excluding hydrogens is 122 g/mol. The zero-order valence-corrected chi connectivity index (χ0v) is 4.77. The molecule has 0 aromatic carbocycles. The number of quaternary nitrogens is 1. The van der Waals surface area contributed by atoms with E-state index >= 15 is 0 Å². The highest BCUT2D eigenvalue weighted by Gasteiger charge is 2.21. The molecular formula is C4H5N3O2+. The van der Waals surface area contributed by atoms with E-state index in [0.29, 0.717) is 0 Å². The second-order valence-electron chi connectivity index (χ2n) is 1.71. The number of rotatable bonds is 0. The van der Waals surface area contributed by atoms with E-state index < -0.39 is 10.7 Å². The summed E-state index contributed by atoms with van der Waals surface area (Å²) in [7, 11) is 1.33. The average Bonchev–Trinajstić information content (AvgIpc) is 1.78. The second kappa shape index (κ2) is 1.71. The van der Waals surface area contributed by atoms with Crippen molar-refractivity contribution in [1.82, 2.24) is 0 Å². The van der Waals surface area contributed by atoms with Crippen LogP contribution in [0.5, 0.6) is 0 Å². The fourth-order valence-electron chi connectivity index (χ4n) is 0.361. The first-order chi connectivity index (χ1) is 4.10. The summed E-state index contributed by atoms with van der Waals surface area (Å²) < 4.78 is -0.828. The molecule has 0 bridgehead atoms. The average molecular weight is 127 g/mol. The summed E-state index contributed by atoms with van der Waals surface area (Å²) in [6, 6.07) is 0. The van der Waals surface area contributed by atoms with Crippen LogP contribution in [-0.2, 0) is 4.79 Å². The molecule has 0 fully saturated rings. The van der Waals surface area contributed by atoms with Gasteiger partial charge in [-0.15, -0.1) is 4.99 Å². The minimum absolute atomic E-state index is 0.500. The van der Waals surface area contributed by atoms with Gasteiger partial charge in [0.1, 0.15) is 7.05 Å². The van der Waals surface area contributed by atoms with Crippen LogP contribution in [0.2, 0.25) is 0 Å². The lowest BCUT2D eigenvalue weighted by Gasteiger charge is -2.09. The van der Waals surface area contributed by atoms with Crippen molar-refractivity contribution in [3.63, 3.8) is 0 Å². The number of carbonyl (C=O) groups is 1. The Morgan fingerprint density at radius 2 is 2.56 bits per heavy atom. The van der Waals surface area contributed by atoms with E-state index in [9.17, 15) is 4.79 Å². The fraction of sp³-hybridized carbons (Fsp3) is 0.250. The third-order valence-corrected chi connectivity index (χ3v) is 0.743. The molecule has 0 saturated carbocycles. The van der Waals surface area contributed by atoms with Crippen LogP contribution in [0.15, 0.2) is 10.1 Å². The second-order valence-corrected chi connectivity index (χ2v) is 1.71. The highest BCUT2D eigenvalue weighted by molar-refractivity contribution is 6.28. The molecule has 5 nitrogen and oxygen atoms in total. The summed E-state index contributed by atoms with van der Waals surface area (Å²) in [5.41, 5.74) is 0. The molecule has 1 N–H and O–H groups in total. The number of nitrogens with zero attached hydrogens (tertiary/aromatic N) is 3. The molecule has 1 aliphatic heterocycles. The number of hydrogen-bond donors (Lipinski definition) is 1. The standard InChI is InChI=1S/C4H5N3O2/c1-7(9)3-5-4(8)2-6-7/h2,9H,1H3/q+1. The van der Waals surface area contributed by atoms with Crippen molar-refractivity contribution >= 4 is 18.5 Å². The largest absolute Gasteiger partial charge is 0.380 e. The maximum Gasteiger partial charge on any atom is 0.380 e. The van der Waals surface area contributed by atoms with Crippen LogP contribution in [0.1, 0.15) is 0 Å². The van der Waals surface area contributed by atoms with Crippen molar-refractivity contribution in [2.24, 2.45) is 10.1 Å². The Hall–Kier alpha value is -1.07. The number of amides is 1. The van der Waals surface area contributed by atoms with Gasteiger partial charge in [-0.25, -0.2) is 0 Å². The molecule has 0 saturated heterocycles. The molecule has 1 radical (unpaired) electrons. The van der Waals surface area contributed by atoms with Crippen molar-refractivity contribution in [2.75, 3.05) is 7.05 Å². The summed E-state index contributed by atoms with van der Waals surface area (Å²) in [4.78, 5) is 13.4. The minimum atomic E-state index is -0.828. The molecule has 1 unspecified atom stereocenters. The third-order valence-electron chi connectivity index (χ3n) is 0.743. The van der Waals surface area contributed by atoms with Crippen molar-refractivity contribution < 1.29 is 14.8 Å². The van der Waals surface area contributed by atoms with E-state index in [2.05, 4.69) is 16.4 Å². The van der Waals surface area contributed by atoms with Gasteiger partial charge < -0.3 is 0 Å². The Morgan fingerprint density at radius 1 is 1.89 bits per heavy atom. The molecule has 1 rings (SSSR count). The van der Waals surface area contributed by atoms with Crippen molar-refractivity contribution in [2.45, 2.75) is 0 Å². The Labute approximate surface area is 51.5 Å². The fourth-order valence-corrected chi connectivity index (χ4v) is 0.361. The van der Waals surface area contributed by atoms with E-state index in [-0.39, 0.29) is 0 Å². The summed E-state index contributed by atoms with van der Waals surface area (Å²) in [6.45, 7) is 0. The van der Waals surface area contributed by atoms with Gasteiger partial charge in [0.25, 0.3) is 5.91 Å². The lowest BCUT2D eigenvalue weighted by Crippen LogP contribution is -2.35. The first-order valence-electron chi connectivity index (χ1n) is 2.27. The first-order valence-corrected chi connectivity index (χ1v) is 2.27. The topological polar surface area (TPSA) is 62.0 Å². The van der Waals surface area contributed by atoms with Crippen LogP contribution in [0.25, 0.3) is 0 Å². The minimum Gasteiger partial charge on any atom is -0.265 e. The van der Waals surface area contributed by atoms with Crippen LogP contribution >= 0.6 is 0 Å². The first kappa shape index (κ1) is 6.06. The molecule has 47 valence electrons. The Kier molecular flexibility index (Phi) is 1.15. The van der Waals surface area contributed by atoms with Crippen LogP contribution in [0, 0.1) is 0 Å². The lowest BCUT2D eigenvalue weighted by molar-refractivity contribution is -1.02. The number of hydrogen-bond acceptors (Lipinski definition) is 3. The monoisotopic (exact) mass is 127 g/mol.